The first-order valence-corrected chi connectivity index (χ1v) is 8.85. The Morgan fingerprint density at radius 3 is 2.65 bits per heavy atom. The van der Waals surface area contributed by atoms with Gasteiger partial charge in [-0.05, 0) is 31.2 Å². The molecule has 1 aromatic heterocycles. The highest BCUT2D eigenvalue weighted by atomic mass is 16.5. The summed E-state index contributed by atoms with van der Waals surface area (Å²) in [5.41, 5.74) is 0.686. The minimum Gasteiger partial charge on any atom is -0.492 e. The first-order chi connectivity index (χ1) is 12.7. The summed E-state index contributed by atoms with van der Waals surface area (Å²) in [6, 6.07) is 10.8. The predicted molar refractivity (Wildman–Crippen MR) is 96.4 cm³/mol. The average Bonchev–Trinajstić information content (AvgIpc) is 3.18. The first-order valence-electron chi connectivity index (χ1n) is 8.85. The van der Waals surface area contributed by atoms with Crippen molar-refractivity contribution in [2.75, 3.05) is 44.6 Å². The molecule has 2 aromatic rings. The summed E-state index contributed by atoms with van der Waals surface area (Å²) in [6.45, 7) is 5.49. The van der Waals surface area contributed by atoms with E-state index in [1.54, 1.807) is 17.0 Å². The van der Waals surface area contributed by atoms with Gasteiger partial charge in [-0.1, -0.05) is 12.1 Å². The van der Waals surface area contributed by atoms with E-state index in [0.717, 1.165) is 18.0 Å². The molecule has 1 aliphatic heterocycles. The van der Waals surface area contributed by atoms with Crippen molar-refractivity contribution < 1.29 is 23.6 Å². The third-order valence-corrected chi connectivity index (χ3v) is 4.36. The first kappa shape index (κ1) is 18.0. The Balaban J connectivity index is 1.49. The highest BCUT2D eigenvalue weighted by Crippen LogP contribution is 2.23. The number of nitrogens with one attached hydrogen (secondary N) is 2. The number of carbonyl (C=O) groups excluding carboxylic acids is 2. The number of benzene rings is 1. The number of ether oxygens (including phenoxy) is 1. The van der Waals surface area contributed by atoms with Gasteiger partial charge in [0.25, 0.3) is 11.8 Å². The summed E-state index contributed by atoms with van der Waals surface area (Å²) in [6.07, 6.45) is 1.50. The molecule has 0 bridgehead atoms. The van der Waals surface area contributed by atoms with Gasteiger partial charge in [-0.2, -0.15) is 0 Å². The molecule has 0 unspecified atom stereocenters. The fourth-order valence-electron chi connectivity index (χ4n) is 3.03. The molecule has 1 aliphatic rings. The fraction of sp³-hybridized carbons (Fsp3) is 0.368. The molecular weight excluding hydrogens is 334 g/mol. The minimum absolute atomic E-state index is 0.0574. The molecule has 26 heavy (non-hydrogen) atoms. The maximum Gasteiger partial charge on any atom is 0.289 e. The number of anilines is 1. The van der Waals surface area contributed by atoms with Gasteiger partial charge in [-0.15, -0.1) is 0 Å². The van der Waals surface area contributed by atoms with Crippen LogP contribution in [0.15, 0.2) is 47.1 Å². The molecule has 0 spiro atoms. The molecule has 3 rings (SSSR count). The van der Waals surface area contributed by atoms with E-state index < -0.39 is 0 Å². The number of hydrogen-bond donors (Lipinski definition) is 2. The second-order valence-electron chi connectivity index (χ2n) is 6.17. The molecule has 7 nitrogen and oxygen atoms in total. The van der Waals surface area contributed by atoms with Crippen LogP contribution in [0.3, 0.4) is 0 Å². The van der Waals surface area contributed by atoms with Gasteiger partial charge < -0.3 is 24.3 Å². The van der Waals surface area contributed by atoms with Crippen molar-refractivity contribution in [1.29, 1.82) is 0 Å². The van der Waals surface area contributed by atoms with Gasteiger partial charge in [0.05, 0.1) is 44.7 Å². The number of furan rings is 1. The van der Waals surface area contributed by atoms with Crippen molar-refractivity contribution in [1.82, 2.24) is 4.90 Å². The summed E-state index contributed by atoms with van der Waals surface area (Å²) < 4.78 is 10.7. The lowest BCUT2D eigenvalue weighted by Gasteiger charge is -2.31. The highest BCUT2D eigenvalue weighted by molar-refractivity contribution is 5.93. The highest BCUT2D eigenvalue weighted by Gasteiger charge is 2.27. The van der Waals surface area contributed by atoms with Gasteiger partial charge >= 0.3 is 0 Å². The van der Waals surface area contributed by atoms with Crippen LogP contribution in [0, 0.1) is 0 Å². The molecule has 2 heterocycles. The van der Waals surface area contributed by atoms with Crippen molar-refractivity contribution in [3.05, 3.63) is 48.4 Å². The molecule has 2 amide bonds. The van der Waals surface area contributed by atoms with E-state index in [-0.39, 0.29) is 11.8 Å². The maximum atomic E-state index is 12.4. The number of nitrogens with zero attached hydrogens (tertiary/aromatic N) is 1. The van der Waals surface area contributed by atoms with Crippen molar-refractivity contribution in [3.8, 4) is 5.75 Å². The van der Waals surface area contributed by atoms with Crippen molar-refractivity contribution in [2.45, 2.75) is 6.92 Å². The molecule has 0 saturated carbocycles. The summed E-state index contributed by atoms with van der Waals surface area (Å²) in [5.74, 6) is 0.882. The second-order valence-corrected chi connectivity index (χ2v) is 6.17. The molecular formula is C19H24N3O4+. The van der Waals surface area contributed by atoms with Crippen LogP contribution in [-0.4, -0.2) is 56.0 Å². The van der Waals surface area contributed by atoms with Crippen LogP contribution >= 0.6 is 0 Å². The second kappa shape index (κ2) is 8.53. The van der Waals surface area contributed by atoms with E-state index in [1.165, 1.54) is 6.26 Å². The molecule has 1 fully saturated rings. The van der Waals surface area contributed by atoms with Gasteiger partial charge in [0.2, 0.25) is 0 Å². The molecule has 0 radical (unpaired) electrons. The summed E-state index contributed by atoms with van der Waals surface area (Å²) in [7, 11) is 0. The molecule has 138 valence electrons. The van der Waals surface area contributed by atoms with Crippen LogP contribution in [0.25, 0.3) is 0 Å². The van der Waals surface area contributed by atoms with Crippen LogP contribution in [0.4, 0.5) is 5.69 Å². The molecule has 1 saturated heterocycles. The van der Waals surface area contributed by atoms with E-state index in [4.69, 9.17) is 9.15 Å². The van der Waals surface area contributed by atoms with E-state index in [1.807, 2.05) is 31.2 Å². The number of amides is 2. The van der Waals surface area contributed by atoms with Crippen LogP contribution in [0.1, 0.15) is 17.5 Å². The van der Waals surface area contributed by atoms with E-state index >= 15 is 0 Å². The Labute approximate surface area is 152 Å². The summed E-state index contributed by atoms with van der Waals surface area (Å²) in [5, 5.41) is 2.92. The van der Waals surface area contributed by atoms with E-state index in [0.29, 0.717) is 43.4 Å². The smallest absolute Gasteiger partial charge is 0.289 e. The average molecular weight is 358 g/mol. The molecule has 7 heteroatoms. The topological polar surface area (TPSA) is 76.2 Å². The number of hydrogen-bond acceptors (Lipinski definition) is 4. The quantitative estimate of drug-likeness (QED) is 0.795. The SMILES string of the molecule is CCOc1ccccc1NC(=O)C[NH+]1CCN(C(=O)c2ccco2)CC1. The lowest BCUT2D eigenvalue weighted by molar-refractivity contribution is -0.895. The van der Waals surface area contributed by atoms with Crippen LogP contribution in [0.5, 0.6) is 5.75 Å². The minimum atomic E-state index is -0.0934. The number of para-hydroxylation sites is 2. The van der Waals surface area contributed by atoms with Gasteiger partial charge in [0, 0.05) is 0 Å². The Hall–Kier alpha value is -2.80. The van der Waals surface area contributed by atoms with Crippen LogP contribution in [0.2, 0.25) is 0 Å². The van der Waals surface area contributed by atoms with Crippen molar-refractivity contribution >= 4 is 17.5 Å². The van der Waals surface area contributed by atoms with Gasteiger partial charge in [0.15, 0.2) is 12.3 Å². The Morgan fingerprint density at radius 1 is 1.19 bits per heavy atom. The number of rotatable bonds is 6. The standard InChI is InChI=1S/C19H23N3O4/c1-2-25-16-7-4-3-6-15(16)20-18(23)14-21-9-11-22(12-10-21)19(24)17-8-5-13-26-17/h3-8,13H,2,9-12,14H2,1H3,(H,20,23)/p+1. The monoisotopic (exact) mass is 358 g/mol. The van der Waals surface area contributed by atoms with Crippen LogP contribution in [-0.2, 0) is 4.79 Å². The van der Waals surface area contributed by atoms with Crippen molar-refractivity contribution in [3.63, 3.8) is 0 Å². The van der Waals surface area contributed by atoms with Gasteiger partial charge in [-0.3, -0.25) is 9.59 Å². The van der Waals surface area contributed by atoms with Gasteiger partial charge in [0.1, 0.15) is 5.75 Å². The van der Waals surface area contributed by atoms with E-state index in [2.05, 4.69) is 5.32 Å². The lowest BCUT2D eigenvalue weighted by Crippen LogP contribution is -3.15. The van der Waals surface area contributed by atoms with Crippen LogP contribution < -0.4 is 15.0 Å². The maximum absolute atomic E-state index is 12.4. The zero-order valence-corrected chi connectivity index (χ0v) is 14.9. The number of carbonyl (C=O) groups is 2. The number of quaternary nitrogens is 1. The van der Waals surface area contributed by atoms with Crippen molar-refractivity contribution in [2.24, 2.45) is 0 Å². The molecule has 0 atom stereocenters. The summed E-state index contributed by atoms with van der Waals surface area (Å²) >= 11 is 0. The van der Waals surface area contributed by atoms with E-state index in [9.17, 15) is 9.59 Å². The lowest BCUT2D eigenvalue weighted by atomic mass is 10.2. The fourth-order valence-corrected chi connectivity index (χ4v) is 3.03. The third kappa shape index (κ3) is 4.43. The Bertz CT molecular complexity index is 737. The predicted octanol–water partition coefficient (Wildman–Crippen LogP) is 0.658. The number of piperazine rings is 1. The van der Waals surface area contributed by atoms with Gasteiger partial charge in [-0.25, -0.2) is 0 Å². The largest absolute Gasteiger partial charge is 0.492 e. The molecule has 2 N–H and O–H groups in total. The molecule has 1 aromatic carbocycles. The summed E-state index contributed by atoms with van der Waals surface area (Å²) in [4.78, 5) is 27.5. The Kier molecular flexibility index (Phi) is 5.91. The zero-order valence-electron chi connectivity index (χ0n) is 14.9. The third-order valence-electron chi connectivity index (χ3n) is 4.36. The molecule has 0 aliphatic carbocycles. The Morgan fingerprint density at radius 2 is 1.96 bits per heavy atom. The normalized spacial score (nSPS) is 14.9. The zero-order chi connectivity index (χ0) is 18.4.